The highest BCUT2D eigenvalue weighted by atomic mass is 16.6. The standard InChI is InChI=1S/C22H23NO5/c1-15(24)17-8-4-9-18(12-17)27-14-22(26)28-13-21(25)23-20-11-5-7-16-6-2-3-10-19(16)20/h2-4,6,8-10,12,20H,5,7,11,13-14H2,1H3,(H,23,25)/t20-/m0/s1. The number of amides is 1. The summed E-state index contributed by atoms with van der Waals surface area (Å²) in [6, 6.07) is 14.5. The van der Waals surface area contributed by atoms with Crippen molar-refractivity contribution in [2.45, 2.75) is 32.2 Å². The number of ketones is 1. The number of aryl methyl sites for hydroxylation is 1. The van der Waals surface area contributed by atoms with Gasteiger partial charge in [0.1, 0.15) is 5.75 Å². The van der Waals surface area contributed by atoms with Crippen molar-refractivity contribution in [3.8, 4) is 5.75 Å². The maximum Gasteiger partial charge on any atom is 0.344 e. The van der Waals surface area contributed by atoms with Crippen LogP contribution in [0.15, 0.2) is 48.5 Å². The Kier molecular flexibility index (Phi) is 6.42. The summed E-state index contributed by atoms with van der Waals surface area (Å²) in [5, 5.41) is 2.93. The first-order valence-electron chi connectivity index (χ1n) is 9.29. The molecule has 2 aromatic carbocycles. The molecule has 1 aliphatic rings. The van der Waals surface area contributed by atoms with Gasteiger partial charge in [0.05, 0.1) is 6.04 Å². The summed E-state index contributed by atoms with van der Waals surface area (Å²) >= 11 is 0. The van der Waals surface area contributed by atoms with Crippen molar-refractivity contribution in [2.24, 2.45) is 0 Å². The van der Waals surface area contributed by atoms with E-state index < -0.39 is 5.97 Å². The van der Waals surface area contributed by atoms with Gasteiger partial charge < -0.3 is 14.8 Å². The molecule has 0 bridgehead atoms. The van der Waals surface area contributed by atoms with Crippen molar-refractivity contribution in [1.82, 2.24) is 5.32 Å². The van der Waals surface area contributed by atoms with Crippen LogP contribution in [0, 0.1) is 0 Å². The zero-order valence-electron chi connectivity index (χ0n) is 15.8. The third kappa shape index (κ3) is 5.19. The van der Waals surface area contributed by atoms with Crippen molar-refractivity contribution >= 4 is 17.7 Å². The summed E-state index contributed by atoms with van der Waals surface area (Å²) in [6.45, 7) is 0.770. The number of nitrogens with one attached hydrogen (secondary N) is 1. The summed E-state index contributed by atoms with van der Waals surface area (Å²) in [4.78, 5) is 35.4. The molecule has 1 amide bonds. The predicted octanol–water partition coefficient (Wildman–Crippen LogP) is 3.01. The van der Waals surface area contributed by atoms with Crippen molar-refractivity contribution < 1.29 is 23.9 Å². The average molecular weight is 381 g/mol. The van der Waals surface area contributed by atoms with Crippen LogP contribution in [0.3, 0.4) is 0 Å². The van der Waals surface area contributed by atoms with Crippen LogP contribution < -0.4 is 10.1 Å². The molecule has 0 aliphatic heterocycles. The third-order valence-electron chi connectivity index (χ3n) is 4.67. The lowest BCUT2D eigenvalue weighted by molar-refractivity contribution is -0.150. The highest BCUT2D eigenvalue weighted by Gasteiger charge is 2.21. The molecule has 0 spiro atoms. The number of hydrogen-bond donors (Lipinski definition) is 1. The van der Waals surface area contributed by atoms with Crippen LogP contribution in [0.2, 0.25) is 0 Å². The number of esters is 1. The van der Waals surface area contributed by atoms with Gasteiger partial charge in [0.25, 0.3) is 5.91 Å². The van der Waals surface area contributed by atoms with E-state index in [1.54, 1.807) is 24.3 Å². The quantitative estimate of drug-likeness (QED) is 0.589. The molecule has 0 fully saturated rings. The molecule has 1 N–H and O–H groups in total. The van der Waals surface area contributed by atoms with E-state index in [1.165, 1.54) is 12.5 Å². The smallest absolute Gasteiger partial charge is 0.344 e. The summed E-state index contributed by atoms with van der Waals surface area (Å²) in [7, 11) is 0. The van der Waals surface area contributed by atoms with Crippen LogP contribution in [0.25, 0.3) is 0 Å². The van der Waals surface area contributed by atoms with E-state index in [1.807, 2.05) is 18.2 Å². The van der Waals surface area contributed by atoms with Crippen molar-refractivity contribution in [1.29, 1.82) is 0 Å². The van der Waals surface area contributed by atoms with Crippen LogP contribution in [-0.2, 0) is 20.7 Å². The van der Waals surface area contributed by atoms with Gasteiger partial charge in [-0.3, -0.25) is 9.59 Å². The Labute approximate surface area is 163 Å². The van der Waals surface area contributed by atoms with Gasteiger partial charge in [-0.05, 0) is 49.4 Å². The van der Waals surface area contributed by atoms with Crippen LogP contribution >= 0.6 is 0 Å². The lowest BCUT2D eigenvalue weighted by Gasteiger charge is -2.26. The maximum absolute atomic E-state index is 12.2. The average Bonchev–Trinajstić information content (AvgIpc) is 2.71. The second-order valence-corrected chi connectivity index (χ2v) is 6.74. The minimum atomic E-state index is -0.646. The fourth-order valence-electron chi connectivity index (χ4n) is 3.27. The fourth-order valence-corrected chi connectivity index (χ4v) is 3.27. The molecule has 146 valence electrons. The second kappa shape index (κ2) is 9.17. The lowest BCUT2D eigenvalue weighted by atomic mass is 9.88. The van der Waals surface area contributed by atoms with Gasteiger partial charge >= 0.3 is 5.97 Å². The maximum atomic E-state index is 12.2. The van der Waals surface area contributed by atoms with Gasteiger partial charge in [-0.2, -0.15) is 0 Å². The summed E-state index contributed by atoms with van der Waals surface area (Å²) in [5.41, 5.74) is 2.87. The van der Waals surface area contributed by atoms with Crippen molar-refractivity contribution in [3.05, 3.63) is 65.2 Å². The molecule has 6 nitrogen and oxygen atoms in total. The first-order valence-corrected chi connectivity index (χ1v) is 9.29. The summed E-state index contributed by atoms with van der Waals surface area (Å²) < 4.78 is 10.3. The Balaban J connectivity index is 1.44. The third-order valence-corrected chi connectivity index (χ3v) is 4.67. The monoisotopic (exact) mass is 381 g/mol. The van der Waals surface area contributed by atoms with Crippen LogP contribution in [-0.4, -0.2) is 30.9 Å². The van der Waals surface area contributed by atoms with E-state index in [9.17, 15) is 14.4 Å². The Bertz CT molecular complexity index is 877. The molecule has 0 aromatic heterocycles. The zero-order valence-corrected chi connectivity index (χ0v) is 15.8. The minimum absolute atomic E-state index is 0.0540. The number of rotatable bonds is 7. The first kappa shape index (κ1) is 19.6. The normalized spacial score (nSPS) is 15.2. The van der Waals surface area contributed by atoms with E-state index >= 15 is 0 Å². The fraction of sp³-hybridized carbons (Fsp3) is 0.318. The largest absolute Gasteiger partial charge is 0.482 e. The highest BCUT2D eigenvalue weighted by Crippen LogP contribution is 2.29. The molecule has 0 heterocycles. The van der Waals surface area contributed by atoms with E-state index in [2.05, 4.69) is 11.4 Å². The zero-order chi connectivity index (χ0) is 19.9. The van der Waals surface area contributed by atoms with Gasteiger partial charge in [0.2, 0.25) is 0 Å². The molecule has 28 heavy (non-hydrogen) atoms. The molecule has 0 radical (unpaired) electrons. The summed E-state index contributed by atoms with van der Waals surface area (Å²) in [6.07, 6.45) is 2.89. The van der Waals surface area contributed by atoms with Gasteiger partial charge in [-0.25, -0.2) is 4.79 Å². The summed E-state index contributed by atoms with van der Waals surface area (Å²) in [5.74, 6) is -0.678. The SMILES string of the molecule is CC(=O)c1cccc(OCC(=O)OCC(=O)N[C@H]2CCCc3ccccc32)c1. The Morgan fingerprint density at radius 1 is 1.07 bits per heavy atom. The molecule has 2 aromatic rings. The van der Waals surface area contributed by atoms with Crippen LogP contribution in [0.5, 0.6) is 5.75 Å². The van der Waals surface area contributed by atoms with Gasteiger partial charge in [-0.15, -0.1) is 0 Å². The first-order chi connectivity index (χ1) is 13.5. The lowest BCUT2D eigenvalue weighted by Crippen LogP contribution is -2.34. The van der Waals surface area contributed by atoms with Crippen molar-refractivity contribution in [2.75, 3.05) is 13.2 Å². The van der Waals surface area contributed by atoms with Crippen LogP contribution in [0.1, 0.15) is 47.3 Å². The molecule has 6 heteroatoms. The van der Waals surface area contributed by atoms with Gasteiger partial charge in [-0.1, -0.05) is 36.4 Å². The highest BCUT2D eigenvalue weighted by molar-refractivity contribution is 5.94. The Hall–Kier alpha value is -3.15. The van der Waals surface area contributed by atoms with Crippen LogP contribution in [0.4, 0.5) is 0 Å². The number of Topliss-reactive ketones (excluding diaryl/α,β-unsaturated/α-hetero) is 1. The molecular formula is C22H23NO5. The number of fused-ring (bicyclic) bond motifs is 1. The molecule has 1 atom stereocenters. The number of hydrogen-bond acceptors (Lipinski definition) is 5. The molecule has 1 aliphatic carbocycles. The molecule has 0 saturated carbocycles. The molecular weight excluding hydrogens is 358 g/mol. The minimum Gasteiger partial charge on any atom is -0.482 e. The topological polar surface area (TPSA) is 81.7 Å². The van der Waals surface area contributed by atoms with E-state index in [0.717, 1.165) is 24.8 Å². The van der Waals surface area contributed by atoms with Crippen molar-refractivity contribution in [3.63, 3.8) is 0 Å². The number of carbonyl (C=O) groups is 3. The van der Waals surface area contributed by atoms with Gasteiger partial charge in [0.15, 0.2) is 19.0 Å². The van der Waals surface area contributed by atoms with E-state index in [-0.39, 0.29) is 30.9 Å². The van der Waals surface area contributed by atoms with E-state index in [0.29, 0.717) is 11.3 Å². The Morgan fingerprint density at radius 2 is 1.89 bits per heavy atom. The number of ether oxygens (including phenoxy) is 2. The second-order valence-electron chi connectivity index (χ2n) is 6.74. The molecule has 0 unspecified atom stereocenters. The Morgan fingerprint density at radius 3 is 2.71 bits per heavy atom. The number of carbonyl (C=O) groups excluding carboxylic acids is 3. The molecule has 3 rings (SSSR count). The van der Waals surface area contributed by atoms with Gasteiger partial charge in [0, 0.05) is 5.56 Å². The molecule has 0 saturated heterocycles. The van der Waals surface area contributed by atoms with E-state index in [4.69, 9.17) is 9.47 Å². The predicted molar refractivity (Wildman–Crippen MR) is 103 cm³/mol. The number of benzene rings is 2.